The highest BCUT2D eigenvalue weighted by Gasteiger charge is 2.19. The van der Waals surface area contributed by atoms with E-state index in [-0.39, 0.29) is 16.8 Å². The Morgan fingerprint density at radius 1 is 1.04 bits per heavy atom. The maximum atomic E-state index is 12.4. The number of aryl methyl sites for hydroxylation is 1. The fourth-order valence-corrected chi connectivity index (χ4v) is 4.21. The van der Waals surface area contributed by atoms with E-state index in [2.05, 4.69) is 10.0 Å². The van der Waals surface area contributed by atoms with Gasteiger partial charge >= 0.3 is 0 Å². The molecule has 1 saturated carbocycles. The van der Waals surface area contributed by atoms with Crippen LogP contribution in [0.2, 0.25) is 0 Å². The molecule has 2 aromatic rings. The second-order valence-electron chi connectivity index (χ2n) is 6.40. The van der Waals surface area contributed by atoms with E-state index in [9.17, 15) is 13.2 Å². The largest absolute Gasteiger partial charge is 0.349 e. The number of rotatable bonds is 5. The molecule has 2 N–H and O–H groups in total. The normalized spacial score (nSPS) is 15.1. The highest BCUT2D eigenvalue weighted by molar-refractivity contribution is 7.92. The minimum absolute atomic E-state index is 0.104. The van der Waals surface area contributed by atoms with Crippen molar-refractivity contribution in [3.05, 3.63) is 59.7 Å². The molecule has 132 valence electrons. The van der Waals surface area contributed by atoms with Gasteiger partial charge < -0.3 is 5.32 Å². The first-order valence-corrected chi connectivity index (χ1v) is 9.93. The Bertz CT molecular complexity index is 857. The van der Waals surface area contributed by atoms with Gasteiger partial charge in [-0.2, -0.15) is 0 Å². The van der Waals surface area contributed by atoms with Crippen molar-refractivity contribution in [3.8, 4) is 0 Å². The lowest BCUT2D eigenvalue weighted by molar-refractivity contribution is 0.0938. The lowest BCUT2D eigenvalue weighted by atomic mass is 10.1. The van der Waals surface area contributed by atoms with Gasteiger partial charge in [0.2, 0.25) is 0 Å². The number of amides is 1. The van der Waals surface area contributed by atoms with Crippen LogP contribution in [0.5, 0.6) is 0 Å². The van der Waals surface area contributed by atoms with Crippen LogP contribution in [-0.4, -0.2) is 20.4 Å². The fraction of sp³-hybridized carbons (Fsp3) is 0.316. The Balaban J connectivity index is 1.74. The third-order valence-electron chi connectivity index (χ3n) is 4.48. The summed E-state index contributed by atoms with van der Waals surface area (Å²) in [5.74, 6) is -0.104. The third kappa shape index (κ3) is 4.20. The van der Waals surface area contributed by atoms with Crippen LogP contribution in [0, 0.1) is 6.92 Å². The standard InChI is InChI=1S/C19H22N2O3S/c1-14-13-15(19(22)20-16-7-5-6-8-16)11-12-18(14)21-25(23,24)17-9-3-2-4-10-17/h2-4,9-13,16,21H,5-8H2,1H3,(H,20,22). The molecule has 25 heavy (non-hydrogen) atoms. The van der Waals surface area contributed by atoms with E-state index in [1.165, 1.54) is 0 Å². The monoisotopic (exact) mass is 358 g/mol. The average Bonchev–Trinajstić information content (AvgIpc) is 3.10. The van der Waals surface area contributed by atoms with Crippen LogP contribution in [0.15, 0.2) is 53.4 Å². The number of sulfonamides is 1. The molecule has 6 heteroatoms. The summed E-state index contributed by atoms with van der Waals surface area (Å²) >= 11 is 0. The minimum atomic E-state index is -3.64. The van der Waals surface area contributed by atoms with Crippen LogP contribution in [0.3, 0.4) is 0 Å². The molecule has 1 aliphatic rings. The van der Waals surface area contributed by atoms with Gasteiger partial charge in [0.1, 0.15) is 0 Å². The van der Waals surface area contributed by atoms with E-state index in [1.54, 1.807) is 55.5 Å². The van der Waals surface area contributed by atoms with Gasteiger partial charge in [-0.15, -0.1) is 0 Å². The molecule has 2 aromatic carbocycles. The molecule has 0 bridgehead atoms. The van der Waals surface area contributed by atoms with Crippen LogP contribution in [0.4, 0.5) is 5.69 Å². The van der Waals surface area contributed by atoms with Crippen molar-refractivity contribution in [2.45, 2.75) is 43.5 Å². The summed E-state index contributed by atoms with van der Waals surface area (Å²) in [4.78, 5) is 12.5. The molecule has 0 aliphatic heterocycles. The van der Waals surface area contributed by atoms with E-state index in [4.69, 9.17) is 0 Å². The Hall–Kier alpha value is -2.34. The smallest absolute Gasteiger partial charge is 0.261 e. The van der Waals surface area contributed by atoms with Gasteiger partial charge in [-0.1, -0.05) is 31.0 Å². The van der Waals surface area contributed by atoms with Crippen LogP contribution in [0.1, 0.15) is 41.6 Å². The van der Waals surface area contributed by atoms with Crippen molar-refractivity contribution < 1.29 is 13.2 Å². The summed E-state index contributed by atoms with van der Waals surface area (Å²) in [6, 6.07) is 13.5. The van der Waals surface area contributed by atoms with Crippen LogP contribution < -0.4 is 10.0 Å². The maximum Gasteiger partial charge on any atom is 0.261 e. The average molecular weight is 358 g/mol. The van der Waals surface area contributed by atoms with Crippen LogP contribution in [0.25, 0.3) is 0 Å². The SMILES string of the molecule is Cc1cc(C(=O)NC2CCCC2)ccc1NS(=O)(=O)c1ccccc1. The molecule has 3 rings (SSSR count). The molecule has 0 saturated heterocycles. The van der Waals surface area contributed by atoms with Crippen molar-refractivity contribution in [2.75, 3.05) is 4.72 Å². The van der Waals surface area contributed by atoms with Crippen molar-refractivity contribution >= 4 is 21.6 Å². The zero-order valence-corrected chi connectivity index (χ0v) is 15.0. The highest BCUT2D eigenvalue weighted by atomic mass is 32.2. The first-order valence-electron chi connectivity index (χ1n) is 8.45. The minimum Gasteiger partial charge on any atom is -0.349 e. The summed E-state index contributed by atoms with van der Waals surface area (Å²) in [6.45, 7) is 1.79. The topological polar surface area (TPSA) is 75.3 Å². The summed E-state index contributed by atoms with van der Waals surface area (Å²) in [5.41, 5.74) is 1.73. The molecule has 0 atom stereocenters. The molecule has 0 unspecified atom stereocenters. The Morgan fingerprint density at radius 3 is 2.36 bits per heavy atom. The van der Waals surface area contributed by atoms with E-state index in [0.717, 1.165) is 25.7 Å². The lowest BCUT2D eigenvalue weighted by Crippen LogP contribution is -2.32. The number of benzene rings is 2. The molecule has 0 spiro atoms. The molecular formula is C19H22N2O3S. The Kier molecular flexibility index (Phi) is 5.08. The molecule has 0 radical (unpaired) electrons. The number of hydrogen-bond acceptors (Lipinski definition) is 3. The highest BCUT2D eigenvalue weighted by Crippen LogP contribution is 2.22. The van der Waals surface area contributed by atoms with E-state index in [0.29, 0.717) is 16.8 Å². The van der Waals surface area contributed by atoms with Gasteiger partial charge in [0.15, 0.2) is 0 Å². The second kappa shape index (κ2) is 7.27. The second-order valence-corrected chi connectivity index (χ2v) is 8.09. The van der Waals surface area contributed by atoms with Gasteiger partial charge in [0.25, 0.3) is 15.9 Å². The van der Waals surface area contributed by atoms with E-state index >= 15 is 0 Å². The molecule has 1 fully saturated rings. The summed E-state index contributed by atoms with van der Waals surface area (Å²) in [5, 5.41) is 3.04. The molecule has 1 amide bonds. The molecule has 0 heterocycles. The predicted molar refractivity (Wildman–Crippen MR) is 98.2 cm³/mol. The quantitative estimate of drug-likeness (QED) is 0.859. The summed E-state index contributed by atoms with van der Waals surface area (Å²) < 4.78 is 27.4. The van der Waals surface area contributed by atoms with Crippen molar-refractivity contribution in [1.82, 2.24) is 5.32 Å². The molecule has 0 aromatic heterocycles. The molecule has 1 aliphatic carbocycles. The first-order chi connectivity index (χ1) is 12.0. The van der Waals surface area contributed by atoms with Crippen molar-refractivity contribution in [1.29, 1.82) is 0 Å². The maximum absolute atomic E-state index is 12.4. The van der Waals surface area contributed by atoms with Crippen molar-refractivity contribution in [2.24, 2.45) is 0 Å². The zero-order valence-electron chi connectivity index (χ0n) is 14.2. The van der Waals surface area contributed by atoms with E-state index in [1.807, 2.05) is 0 Å². The van der Waals surface area contributed by atoms with Gasteiger partial charge in [-0.3, -0.25) is 9.52 Å². The number of anilines is 1. The summed E-state index contributed by atoms with van der Waals surface area (Å²) in [6.07, 6.45) is 4.37. The molecule has 5 nitrogen and oxygen atoms in total. The fourth-order valence-electron chi connectivity index (χ4n) is 3.06. The number of carbonyl (C=O) groups is 1. The zero-order chi connectivity index (χ0) is 17.9. The Morgan fingerprint density at radius 2 is 1.72 bits per heavy atom. The first kappa shape index (κ1) is 17.5. The Labute approximate surface area is 148 Å². The van der Waals surface area contributed by atoms with Gasteiger partial charge in [-0.25, -0.2) is 8.42 Å². The third-order valence-corrected chi connectivity index (χ3v) is 5.86. The van der Waals surface area contributed by atoms with Gasteiger partial charge in [-0.05, 0) is 55.7 Å². The van der Waals surface area contributed by atoms with Crippen LogP contribution in [-0.2, 0) is 10.0 Å². The number of nitrogens with one attached hydrogen (secondary N) is 2. The van der Waals surface area contributed by atoms with Crippen LogP contribution >= 0.6 is 0 Å². The van der Waals surface area contributed by atoms with Gasteiger partial charge in [0, 0.05) is 11.6 Å². The summed E-state index contributed by atoms with van der Waals surface area (Å²) in [7, 11) is -3.64. The number of hydrogen-bond donors (Lipinski definition) is 2. The lowest BCUT2D eigenvalue weighted by Gasteiger charge is -2.14. The van der Waals surface area contributed by atoms with E-state index < -0.39 is 10.0 Å². The predicted octanol–water partition coefficient (Wildman–Crippen LogP) is 3.47. The number of carbonyl (C=O) groups excluding carboxylic acids is 1. The van der Waals surface area contributed by atoms with Gasteiger partial charge in [0.05, 0.1) is 10.6 Å². The van der Waals surface area contributed by atoms with Crippen molar-refractivity contribution in [3.63, 3.8) is 0 Å². The molecular weight excluding hydrogens is 336 g/mol.